The number of sulfonamides is 1. The first-order valence-corrected chi connectivity index (χ1v) is 10.7. The van der Waals surface area contributed by atoms with Gasteiger partial charge in [0.05, 0.1) is 18.0 Å². The molecule has 2 bridgehead atoms. The number of aromatic nitrogens is 3. The Kier molecular flexibility index (Phi) is 3.85. The van der Waals surface area contributed by atoms with Crippen LogP contribution in [0.25, 0.3) is 0 Å². The van der Waals surface area contributed by atoms with Crippen LogP contribution in [0.3, 0.4) is 0 Å². The normalized spacial score (nSPS) is 33.2. The molecule has 0 aromatic carbocycles. The number of hydrogen-bond acceptors (Lipinski definition) is 5. The van der Waals surface area contributed by atoms with Crippen LogP contribution in [0, 0.1) is 16.7 Å². The molecule has 0 spiro atoms. The van der Waals surface area contributed by atoms with Gasteiger partial charge in [-0.15, -0.1) is 5.10 Å². The van der Waals surface area contributed by atoms with E-state index in [1.807, 2.05) is 10.9 Å². The lowest BCUT2D eigenvalue weighted by molar-refractivity contribution is -0.128. The van der Waals surface area contributed by atoms with Crippen molar-refractivity contribution in [1.82, 2.24) is 19.3 Å². The highest BCUT2D eigenvalue weighted by atomic mass is 32.2. The Bertz CT molecular complexity index is 766. The molecule has 0 amide bonds. The van der Waals surface area contributed by atoms with Crippen LogP contribution in [0.5, 0.6) is 0 Å². The highest BCUT2D eigenvalue weighted by Crippen LogP contribution is 2.64. The van der Waals surface area contributed by atoms with Gasteiger partial charge in [-0.05, 0) is 37.0 Å². The lowest BCUT2D eigenvalue weighted by atomic mass is 9.70. The lowest BCUT2D eigenvalue weighted by Gasteiger charge is -2.39. The van der Waals surface area contributed by atoms with Crippen molar-refractivity contribution in [3.05, 3.63) is 12.4 Å². The molecular formula is C17H26N4O3S. The van der Waals surface area contributed by atoms with Crippen LogP contribution < -0.4 is 0 Å². The summed E-state index contributed by atoms with van der Waals surface area (Å²) in [4.78, 5) is 12.6. The first-order chi connectivity index (χ1) is 11.8. The van der Waals surface area contributed by atoms with Crippen molar-refractivity contribution < 1.29 is 13.2 Å². The first kappa shape index (κ1) is 17.1. The first-order valence-electron chi connectivity index (χ1n) is 9.13. The van der Waals surface area contributed by atoms with Crippen molar-refractivity contribution >= 4 is 15.8 Å². The number of fused-ring (bicyclic) bond motifs is 2. The van der Waals surface area contributed by atoms with Gasteiger partial charge in [0.25, 0.3) is 0 Å². The maximum absolute atomic E-state index is 13.1. The molecule has 138 valence electrons. The molecule has 0 N–H and O–H groups in total. The third-order valence-corrected chi connectivity index (χ3v) is 9.21. The molecule has 1 saturated heterocycles. The van der Waals surface area contributed by atoms with Gasteiger partial charge in [-0.1, -0.05) is 19.1 Å². The monoisotopic (exact) mass is 366 g/mol. The van der Waals surface area contributed by atoms with Gasteiger partial charge in [0.2, 0.25) is 10.0 Å². The Morgan fingerprint density at radius 2 is 1.96 bits per heavy atom. The number of carbonyl (C=O) groups excluding carboxylic acids is 1. The second-order valence-electron chi connectivity index (χ2n) is 8.44. The summed E-state index contributed by atoms with van der Waals surface area (Å²) >= 11 is 0. The Morgan fingerprint density at radius 1 is 1.24 bits per heavy atom. The summed E-state index contributed by atoms with van der Waals surface area (Å²) in [6, 6.07) is 0.201. The predicted molar refractivity (Wildman–Crippen MR) is 92.2 cm³/mol. The fourth-order valence-corrected chi connectivity index (χ4v) is 7.56. The van der Waals surface area contributed by atoms with Crippen LogP contribution in [0.1, 0.15) is 52.0 Å². The van der Waals surface area contributed by atoms with Crippen molar-refractivity contribution in [1.29, 1.82) is 0 Å². The van der Waals surface area contributed by atoms with E-state index >= 15 is 0 Å². The molecule has 3 fully saturated rings. The van der Waals surface area contributed by atoms with Crippen molar-refractivity contribution in [2.24, 2.45) is 16.7 Å². The van der Waals surface area contributed by atoms with Gasteiger partial charge >= 0.3 is 0 Å². The molecular weight excluding hydrogens is 340 g/mol. The van der Waals surface area contributed by atoms with E-state index in [2.05, 4.69) is 24.2 Å². The molecule has 2 unspecified atom stereocenters. The summed E-state index contributed by atoms with van der Waals surface area (Å²) in [5.74, 6) is 0.485. The molecule has 8 heteroatoms. The number of ketones is 1. The number of Topliss-reactive ketones (excluding diaryl/α,β-unsaturated/α-hetero) is 1. The van der Waals surface area contributed by atoms with E-state index in [9.17, 15) is 13.2 Å². The van der Waals surface area contributed by atoms with Gasteiger partial charge in [0, 0.05) is 31.1 Å². The van der Waals surface area contributed by atoms with Crippen LogP contribution >= 0.6 is 0 Å². The van der Waals surface area contributed by atoms with Gasteiger partial charge in [0.1, 0.15) is 5.78 Å². The van der Waals surface area contributed by atoms with Crippen LogP contribution in [-0.4, -0.2) is 52.3 Å². The molecule has 2 aliphatic carbocycles. The molecule has 1 aromatic heterocycles. The molecule has 2 atom stereocenters. The molecule has 25 heavy (non-hydrogen) atoms. The largest absolute Gasteiger partial charge is 0.299 e. The van der Waals surface area contributed by atoms with E-state index in [1.54, 1.807) is 10.5 Å². The zero-order chi connectivity index (χ0) is 17.9. The SMILES string of the molecule is CC1(C)C2CCC1(CS(=O)(=O)N1CCC(n3ccnn3)CC1)C(=O)C2. The van der Waals surface area contributed by atoms with Crippen molar-refractivity contribution in [3.63, 3.8) is 0 Å². The quantitative estimate of drug-likeness (QED) is 0.809. The summed E-state index contributed by atoms with van der Waals surface area (Å²) in [5, 5.41) is 7.85. The summed E-state index contributed by atoms with van der Waals surface area (Å²) in [6.07, 6.45) is 7.18. The molecule has 4 rings (SSSR count). The summed E-state index contributed by atoms with van der Waals surface area (Å²) in [7, 11) is -3.44. The van der Waals surface area contributed by atoms with Gasteiger partial charge in [0.15, 0.2) is 0 Å². The average Bonchev–Trinajstić information content (AvgIpc) is 3.22. The second-order valence-corrected chi connectivity index (χ2v) is 10.4. The van der Waals surface area contributed by atoms with E-state index < -0.39 is 15.4 Å². The Morgan fingerprint density at radius 3 is 2.48 bits per heavy atom. The smallest absolute Gasteiger partial charge is 0.215 e. The Balaban J connectivity index is 1.49. The third kappa shape index (κ3) is 2.48. The highest BCUT2D eigenvalue weighted by molar-refractivity contribution is 7.89. The standard InChI is InChI=1S/C17H26N4O3S/c1-16(2)13-3-6-17(16,15(22)11-13)12-25(23,24)20-8-4-14(5-9-20)21-10-7-18-19-21/h7,10,13-14H,3-6,8-9,11-12H2,1-2H3. The van der Waals surface area contributed by atoms with E-state index in [4.69, 9.17) is 0 Å². The minimum absolute atomic E-state index is 0.0175. The molecule has 1 aliphatic heterocycles. The molecule has 2 saturated carbocycles. The van der Waals surface area contributed by atoms with E-state index in [1.165, 1.54) is 0 Å². The molecule has 3 aliphatic rings. The van der Waals surface area contributed by atoms with E-state index in [0.29, 0.717) is 25.4 Å². The number of rotatable bonds is 4. The highest BCUT2D eigenvalue weighted by Gasteiger charge is 2.65. The van der Waals surface area contributed by atoms with Crippen LogP contribution in [-0.2, 0) is 14.8 Å². The fraction of sp³-hybridized carbons (Fsp3) is 0.824. The third-order valence-electron chi connectivity index (χ3n) is 7.20. The van der Waals surface area contributed by atoms with E-state index in [0.717, 1.165) is 25.7 Å². The lowest BCUT2D eigenvalue weighted by Crippen LogP contribution is -2.48. The number of hydrogen-bond donors (Lipinski definition) is 0. The van der Waals surface area contributed by atoms with Crippen LogP contribution in [0.15, 0.2) is 12.4 Å². The van der Waals surface area contributed by atoms with Gasteiger partial charge in [-0.2, -0.15) is 0 Å². The van der Waals surface area contributed by atoms with Crippen molar-refractivity contribution in [3.8, 4) is 0 Å². The molecule has 0 radical (unpaired) electrons. The van der Waals surface area contributed by atoms with Gasteiger partial charge < -0.3 is 0 Å². The average molecular weight is 366 g/mol. The molecule has 2 heterocycles. The fourth-order valence-electron chi connectivity index (χ4n) is 5.31. The predicted octanol–water partition coefficient (Wildman–Crippen LogP) is 1.64. The summed E-state index contributed by atoms with van der Waals surface area (Å²) in [5.41, 5.74) is -0.893. The zero-order valence-electron chi connectivity index (χ0n) is 14.9. The summed E-state index contributed by atoms with van der Waals surface area (Å²) in [6.45, 7) is 5.14. The maximum Gasteiger partial charge on any atom is 0.215 e. The topological polar surface area (TPSA) is 85.2 Å². The minimum Gasteiger partial charge on any atom is -0.299 e. The molecule has 1 aromatic rings. The van der Waals surface area contributed by atoms with Crippen molar-refractivity contribution in [2.75, 3.05) is 18.8 Å². The minimum atomic E-state index is -3.44. The van der Waals surface area contributed by atoms with Crippen LogP contribution in [0.4, 0.5) is 0 Å². The maximum atomic E-state index is 13.1. The second kappa shape index (κ2) is 5.61. The van der Waals surface area contributed by atoms with Gasteiger partial charge in [-0.25, -0.2) is 17.4 Å². The van der Waals surface area contributed by atoms with Gasteiger partial charge in [-0.3, -0.25) is 4.79 Å². The number of nitrogens with zero attached hydrogens (tertiary/aromatic N) is 4. The van der Waals surface area contributed by atoms with Crippen molar-refractivity contribution in [2.45, 2.75) is 52.0 Å². The van der Waals surface area contributed by atoms with Crippen LogP contribution in [0.2, 0.25) is 0 Å². The Hall–Kier alpha value is -1.28. The number of carbonyl (C=O) groups is 1. The number of piperidine rings is 1. The summed E-state index contributed by atoms with van der Waals surface area (Å²) < 4.78 is 29.6. The zero-order valence-corrected chi connectivity index (χ0v) is 15.7. The molecule has 7 nitrogen and oxygen atoms in total. The Labute approximate surface area is 148 Å². The van der Waals surface area contributed by atoms with E-state index in [-0.39, 0.29) is 23.0 Å².